The van der Waals surface area contributed by atoms with E-state index in [4.69, 9.17) is 0 Å². The summed E-state index contributed by atoms with van der Waals surface area (Å²) in [5, 5.41) is 4.31. The topological polar surface area (TPSA) is 17.8 Å². The van der Waals surface area contributed by atoms with E-state index >= 15 is 0 Å². The Bertz CT molecular complexity index is 217. The number of aromatic nitrogens is 2. The minimum absolute atomic E-state index is 1.03. The minimum Gasteiger partial charge on any atom is -0.272 e. The highest BCUT2D eigenvalue weighted by molar-refractivity contribution is 14.1. The Morgan fingerprint density at radius 1 is 1.70 bits per heavy atom. The van der Waals surface area contributed by atoms with Gasteiger partial charge in [0.1, 0.15) is 0 Å². The van der Waals surface area contributed by atoms with Crippen molar-refractivity contribution in [2.45, 2.75) is 17.8 Å². The molecule has 0 aromatic carbocycles. The second kappa shape index (κ2) is 3.37. The van der Waals surface area contributed by atoms with Gasteiger partial charge in [0.25, 0.3) is 0 Å². The van der Waals surface area contributed by atoms with Gasteiger partial charge < -0.3 is 0 Å². The molecule has 0 aliphatic rings. The van der Waals surface area contributed by atoms with E-state index in [0.717, 1.165) is 10.8 Å². The third-order valence-corrected chi connectivity index (χ3v) is 2.31. The summed E-state index contributed by atoms with van der Waals surface area (Å²) in [7, 11) is 1.99. The minimum atomic E-state index is 1.03. The summed E-state index contributed by atoms with van der Waals surface area (Å²) < 4.78 is 2.99. The van der Waals surface area contributed by atoms with Crippen molar-refractivity contribution in [3.63, 3.8) is 0 Å². The molecule has 0 amide bonds. The van der Waals surface area contributed by atoms with Gasteiger partial charge in [-0.15, -0.1) is 0 Å². The zero-order chi connectivity index (χ0) is 7.56. The number of rotatable bonds is 2. The Labute approximate surface area is 74.8 Å². The van der Waals surface area contributed by atoms with Crippen LogP contribution in [-0.4, -0.2) is 9.78 Å². The molecule has 1 heterocycles. The molecule has 0 bridgehead atoms. The zero-order valence-electron chi connectivity index (χ0n) is 6.26. The molecule has 1 aromatic rings. The number of halogens is 1. The third kappa shape index (κ3) is 1.51. The van der Waals surface area contributed by atoms with Gasteiger partial charge in [-0.3, -0.25) is 4.68 Å². The number of hydrogen-bond acceptors (Lipinski definition) is 1. The fraction of sp³-hybridized carbons (Fsp3) is 0.571. The van der Waals surface area contributed by atoms with Crippen LogP contribution in [0.4, 0.5) is 0 Å². The van der Waals surface area contributed by atoms with Crippen molar-refractivity contribution in [1.29, 1.82) is 0 Å². The van der Waals surface area contributed by atoms with Crippen molar-refractivity contribution in [1.82, 2.24) is 9.78 Å². The highest BCUT2D eigenvalue weighted by atomic mass is 127. The Hall–Kier alpha value is -0.0600. The van der Waals surface area contributed by atoms with Crippen LogP contribution in [0.3, 0.4) is 0 Å². The Kier molecular flexibility index (Phi) is 2.71. The van der Waals surface area contributed by atoms with Crippen LogP contribution >= 0.6 is 22.6 Å². The van der Waals surface area contributed by atoms with Gasteiger partial charge in [0, 0.05) is 17.2 Å². The normalized spacial score (nSPS) is 10.3. The van der Waals surface area contributed by atoms with Crippen molar-refractivity contribution < 1.29 is 0 Å². The van der Waals surface area contributed by atoms with E-state index in [-0.39, 0.29) is 0 Å². The van der Waals surface area contributed by atoms with Gasteiger partial charge in [0.05, 0.1) is 5.69 Å². The standard InChI is InChI=1S/C7H11IN2/c1-3-6-4-7(5-8)10(2)9-6/h4H,3,5H2,1-2H3. The summed E-state index contributed by atoms with van der Waals surface area (Å²) in [5.74, 6) is 0. The summed E-state index contributed by atoms with van der Waals surface area (Å²) in [5.41, 5.74) is 2.49. The van der Waals surface area contributed by atoms with Gasteiger partial charge in [-0.25, -0.2) is 0 Å². The maximum atomic E-state index is 4.31. The van der Waals surface area contributed by atoms with Crippen LogP contribution in [-0.2, 0) is 17.9 Å². The smallest absolute Gasteiger partial charge is 0.0624 e. The molecule has 1 rings (SSSR count). The van der Waals surface area contributed by atoms with Crippen molar-refractivity contribution in [3.8, 4) is 0 Å². The van der Waals surface area contributed by atoms with Crippen LogP contribution in [0.5, 0.6) is 0 Å². The molecule has 1 aromatic heterocycles. The molecule has 0 saturated carbocycles. The molecule has 0 N–H and O–H groups in total. The van der Waals surface area contributed by atoms with Gasteiger partial charge in [-0.05, 0) is 12.5 Å². The molecule has 0 aliphatic heterocycles. The van der Waals surface area contributed by atoms with E-state index < -0.39 is 0 Å². The first kappa shape index (κ1) is 8.04. The Morgan fingerprint density at radius 2 is 2.40 bits per heavy atom. The molecule has 56 valence electrons. The fourth-order valence-electron chi connectivity index (χ4n) is 0.869. The first-order chi connectivity index (χ1) is 4.77. The van der Waals surface area contributed by atoms with Gasteiger partial charge in [0.2, 0.25) is 0 Å². The molecule has 0 fully saturated rings. The lowest BCUT2D eigenvalue weighted by atomic mass is 10.3. The number of hydrogen-bond donors (Lipinski definition) is 0. The summed E-state index contributed by atoms with van der Waals surface area (Å²) in [6.45, 7) is 2.12. The lowest BCUT2D eigenvalue weighted by Gasteiger charge is -1.92. The first-order valence-electron chi connectivity index (χ1n) is 3.35. The number of aryl methyl sites for hydroxylation is 2. The molecule has 0 radical (unpaired) electrons. The quantitative estimate of drug-likeness (QED) is 0.579. The predicted octanol–water partition coefficient (Wildman–Crippen LogP) is 1.92. The van der Waals surface area contributed by atoms with Crippen LogP contribution in [0.15, 0.2) is 6.07 Å². The van der Waals surface area contributed by atoms with Gasteiger partial charge in [-0.2, -0.15) is 5.10 Å². The molecule has 2 nitrogen and oxygen atoms in total. The molecule has 10 heavy (non-hydrogen) atoms. The van der Waals surface area contributed by atoms with E-state index in [0.29, 0.717) is 0 Å². The SMILES string of the molecule is CCc1cc(CI)n(C)n1. The molecule has 0 saturated heterocycles. The molecule has 0 spiro atoms. The van der Waals surface area contributed by atoms with Crippen LogP contribution in [0.1, 0.15) is 18.3 Å². The summed E-state index contributed by atoms with van der Waals surface area (Å²) in [6, 6.07) is 2.16. The highest BCUT2D eigenvalue weighted by Gasteiger charge is 1.99. The molecule has 3 heteroatoms. The number of alkyl halides is 1. The zero-order valence-corrected chi connectivity index (χ0v) is 8.42. The van der Waals surface area contributed by atoms with Crippen molar-refractivity contribution >= 4 is 22.6 Å². The third-order valence-electron chi connectivity index (χ3n) is 1.53. The second-order valence-electron chi connectivity index (χ2n) is 2.24. The lowest BCUT2D eigenvalue weighted by molar-refractivity contribution is 0.722. The molecular formula is C7H11IN2. The monoisotopic (exact) mass is 250 g/mol. The van der Waals surface area contributed by atoms with Gasteiger partial charge in [-0.1, -0.05) is 29.5 Å². The average Bonchev–Trinajstić information content (AvgIpc) is 2.30. The van der Waals surface area contributed by atoms with Gasteiger partial charge in [0.15, 0.2) is 0 Å². The Balaban J connectivity index is 2.92. The van der Waals surface area contributed by atoms with Crippen LogP contribution in [0.25, 0.3) is 0 Å². The van der Waals surface area contributed by atoms with E-state index in [1.807, 2.05) is 11.7 Å². The highest BCUT2D eigenvalue weighted by Crippen LogP contribution is 2.07. The van der Waals surface area contributed by atoms with Crippen molar-refractivity contribution in [2.75, 3.05) is 0 Å². The van der Waals surface area contributed by atoms with Crippen LogP contribution < -0.4 is 0 Å². The lowest BCUT2D eigenvalue weighted by Crippen LogP contribution is -1.94. The molecular weight excluding hydrogens is 239 g/mol. The molecule has 0 aliphatic carbocycles. The maximum absolute atomic E-state index is 4.31. The second-order valence-corrected chi connectivity index (χ2v) is 3.00. The van der Waals surface area contributed by atoms with Crippen LogP contribution in [0, 0.1) is 0 Å². The van der Waals surface area contributed by atoms with E-state index in [2.05, 4.69) is 40.7 Å². The number of nitrogens with zero attached hydrogens (tertiary/aromatic N) is 2. The van der Waals surface area contributed by atoms with Gasteiger partial charge >= 0.3 is 0 Å². The first-order valence-corrected chi connectivity index (χ1v) is 4.88. The summed E-state index contributed by atoms with van der Waals surface area (Å²) >= 11 is 2.35. The molecule has 0 unspecified atom stereocenters. The van der Waals surface area contributed by atoms with E-state index in [1.165, 1.54) is 11.4 Å². The average molecular weight is 250 g/mol. The maximum Gasteiger partial charge on any atom is 0.0624 e. The predicted molar refractivity (Wildman–Crippen MR) is 50.3 cm³/mol. The summed E-state index contributed by atoms with van der Waals surface area (Å²) in [4.78, 5) is 0. The fourth-order valence-corrected chi connectivity index (χ4v) is 1.58. The Morgan fingerprint density at radius 3 is 2.70 bits per heavy atom. The van der Waals surface area contributed by atoms with Crippen molar-refractivity contribution in [3.05, 3.63) is 17.5 Å². The van der Waals surface area contributed by atoms with Crippen LogP contribution in [0.2, 0.25) is 0 Å². The van der Waals surface area contributed by atoms with E-state index in [1.54, 1.807) is 0 Å². The van der Waals surface area contributed by atoms with E-state index in [9.17, 15) is 0 Å². The van der Waals surface area contributed by atoms with Crippen molar-refractivity contribution in [2.24, 2.45) is 7.05 Å². The largest absolute Gasteiger partial charge is 0.272 e. The molecule has 0 atom stereocenters. The summed E-state index contributed by atoms with van der Waals surface area (Å²) in [6.07, 6.45) is 1.03.